The Hall–Kier alpha value is -1.41. The molecule has 2 aromatic rings. The van der Waals surface area contributed by atoms with Crippen molar-refractivity contribution in [3.63, 3.8) is 0 Å². The average molecular weight is 243 g/mol. The lowest BCUT2D eigenvalue weighted by Crippen LogP contribution is -2.36. The van der Waals surface area contributed by atoms with Crippen LogP contribution < -0.4 is 5.73 Å². The molecule has 0 saturated heterocycles. The van der Waals surface area contributed by atoms with E-state index in [4.69, 9.17) is 5.73 Å². The molecule has 1 fully saturated rings. The minimum atomic E-state index is -1.25. The summed E-state index contributed by atoms with van der Waals surface area (Å²) in [7, 11) is 0. The van der Waals surface area contributed by atoms with Crippen molar-refractivity contribution in [3.05, 3.63) is 48.0 Å². The number of alkyl halides is 1. The lowest BCUT2D eigenvalue weighted by atomic mass is 9.77. The number of rotatable bonds is 1. The van der Waals surface area contributed by atoms with Gasteiger partial charge in [0.1, 0.15) is 5.67 Å². The highest BCUT2D eigenvalue weighted by Gasteiger charge is 2.37. The van der Waals surface area contributed by atoms with Crippen LogP contribution in [0.5, 0.6) is 0 Å². The molecular weight excluding hydrogens is 225 g/mol. The number of halogens is 1. The summed E-state index contributed by atoms with van der Waals surface area (Å²) in [5, 5.41) is 2.13. The van der Waals surface area contributed by atoms with Crippen LogP contribution in [0.25, 0.3) is 10.8 Å². The van der Waals surface area contributed by atoms with Gasteiger partial charge in [-0.15, -0.1) is 0 Å². The first-order valence-electron chi connectivity index (χ1n) is 6.62. The summed E-state index contributed by atoms with van der Waals surface area (Å²) in [5.41, 5.74) is 5.52. The van der Waals surface area contributed by atoms with Crippen LogP contribution >= 0.6 is 0 Å². The minimum Gasteiger partial charge on any atom is -0.328 e. The zero-order valence-electron chi connectivity index (χ0n) is 10.4. The Bertz CT molecular complexity index is 561. The van der Waals surface area contributed by atoms with Crippen LogP contribution in [0.2, 0.25) is 0 Å². The first kappa shape index (κ1) is 11.7. The molecule has 0 heterocycles. The summed E-state index contributed by atoms with van der Waals surface area (Å²) in [5.74, 6) is 0. The topological polar surface area (TPSA) is 26.0 Å². The van der Waals surface area contributed by atoms with Gasteiger partial charge in [0.25, 0.3) is 0 Å². The summed E-state index contributed by atoms with van der Waals surface area (Å²) in [6, 6.07) is 13.9. The van der Waals surface area contributed by atoms with E-state index < -0.39 is 5.67 Å². The second kappa shape index (κ2) is 4.36. The van der Waals surface area contributed by atoms with E-state index in [0.29, 0.717) is 12.8 Å². The molecule has 2 heteroatoms. The summed E-state index contributed by atoms with van der Waals surface area (Å²) in [4.78, 5) is 0. The molecule has 2 atom stereocenters. The zero-order valence-corrected chi connectivity index (χ0v) is 10.4. The molecule has 0 aromatic heterocycles. The van der Waals surface area contributed by atoms with E-state index in [1.54, 1.807) is 0 Å². The Morgan fingerprint density at radius 3 is 2.72 bits per heavy atom. The molecule has 94 valence electrons. The fourth-order valence-corrected chi connectivity index (χ4v) is 3.12. The molecule has 1 nitrogen and oxygen atoms in total. The van der Waals surface area contributed by atoms with Gasteiger partial charge in [0.05, 0.1) is 0 Å². The van der Waals surface area contributed by atoms with E-state index in [1.807, 2.05) is 42.5 Å². The van der Waals surface area contributed by atoms with Gasteiger partial charge < -0.3 is 5.73 Å². The summed E-state index contributed by atoms with van der Waals surface area (Å²) in [6.07, 6.45) is 2.85. The molecule has 2 unspecified atom stereocenters. The van der Waals surface area contributed by atoms with Gasteiger partial charge in [0.15, 0.2) is 0 Å². The van der Waals surface area contributed by atoms with Gasteiger partial charge >= 0.3 is 0 Å². The van der Waals surface area contributed by atoms with E-state index in [9.17, 15) is 0 Å². The molecule has 0 aliphatic heterocycles. The number of fused-ring (bicyclic) bond motifs is 1. The van der Waals surface area contributed by atoms with Crippen LogP contribution in [0.15, 0.2) is 42.5 Å². The van der Waals surface area contributed by atoms with Gasteiger partial charge in [-0.2, -0.15) is 0 Å². The van der Waals surface area contributed by atoms with Crippen LogP contribution in [0.3, 0.4) is 0 Å². The van der Waals surface area contributed by atoms with E-state index in [0.717, 1.165) is 29.2 Å². The fourth-order valence-electron chi connectivity index (χ4n) is 3.12. The average Bonchev–Trinajstić information content (AvgIpc) is 2.38. The zero-order chi connectivity index (χ0) is 12.6. The lowest BCUT2D eigenvalue weighted by molar-refractivity contribution is 0.0964. The highest BCUT2D eigenvalue weighted by Crippen LogP contribution is 2.42. The summed E-state index contributed by atoms with van der Waals surface area (Å²) >= 11 is 0. The molecular formula is C16H18FN. The molecule has 0 spiro atoms. The first-order valence-corrected chi connectivity index (χ1v) is 6.62. The minimum absolute atomic E-state index is 0.0114. The van der Waals surface area contributed by atoms with Crippen molar-refractivity contribution in [2.75, 3.05) is 0 Å². The highest BCUT2D eigenvalue weighted by molar-refractivity contribution is 5.86. The van der Waals surface area contributed by atoms with Crippen LogP contribution in [0.1, 0.15) is 31.2 Å². The van der Waals surface area contributed by atoms with Gasteiger partial charge in [0.2, 0.25) is 0 Å². The van der Waals surface area contributed by atoms with Gasteiger partial charge in [-0.3, -0.25) is 0 Å². The van der Waals surface area contributed by atoms with Gasteiger partial charge in [-0.05, 0) is 35.6 Å². The first-order chi connectivity index (χ1) is 8.69. The third-order valence-corrected chi connectivity index (χ3v) is 4.01. The standard InChI is InChI=1S/C16H18FN/c17-16(10-4-7-13(18)11-16)15-9-3-6-12-5-1-2-8-14(12)15/h1-3,5-6,8-9,13H,4,7,10-11,18H2. The van der Waals surface area contributed by atoms with Crippen LogP contribution in [-0.4, -0.2) is 6.04 Å². The van der Waals surface area contributed by atoms with Gasteiger partial charge in [0, 0.05) is 12.5 Å². The second-order valence-corrected chi connectivity index (χ2v) is 5.35. The van der Waals surface area contributed by atoms with Crippen LogP contribution in [0, 0.1) is 0 Å². The number of hydrogen-bond acceptors (Lipinski definition) is 1. The maximum atomic E-state index is 15.2. The molecule has 0 radical (unpaired) electrons. The Morgan fingerprint density at radius 2 is 1.89 bits per heavy atom. The quantitative estimate of drug-likeness (QED) is 0.807. The second-order valence-electron chi connectivity index (χ2n) is 5.35. The van der Waals surface area contributed by atoms with Crippen molar-refractivity contribution in [3.8, 4) is 0 Å². The lowest BCUT2D eigenvalue weighted by Gasteiger charge is -2.34. The van der Waals surface area contributed by atoms with Crippen molar-refractivity contribution in [1.82, 2.24) is 0 Å². The highest BCUT2D eigenvalue weighted by atomic mass is 19.1. The molecule has 1 saturated carbocycles. The molecule has 18 heavy (non-hydrogen) atoms. The maximum absolute atomic E-state index is 15.2. The van der Waals surface area contributed by atoms with Gasteiger partial charge in [-0.25, -0.2) is 4.39 Å². The molecule has 1 aliphatic carbocycles. The number of benzene rings is 2. The van der Waals surface area contributed by atoms with Crippen molar-refractivity contribution >= 4 is 10.8 Å². The maximum Gasteiger partial charge on any atom is 0.138 e. The largest absolute Gasteiger partial charge is 0.328 e. The molecule has 0 bridgehead atoms. The molecule has 0 amide bonds. The van der Waals surface area contributed by atoms with Crippen molar-refractivity contribution < 1.29 is 4.39 Å². The predicted octanol–water partition coefficient (Wildman–Crippen LogP) is 3.91. The van der Waals surface area contributed by atoms with Crippen LogP contribution in [-0.2, 0) is 5.67 Å². The molecule has 3 rings (SSSR count). The Kier molecular flexibility index (Phi) is 2.83. The third kappa shape index (κ3) is 1.91. The van der Waals surface area contributed by atoms with Crippen LogP contribution in [0.4, 0.5) is 4.39 Å². The monoisotopic (exact) mass is 243 g/mol. The van der Waals surface area contributed by atoms with Crippen molar-refractivity contribution in [2.24, 2.45) is 5.73 Å². The van der Waals surface area contributed by atoms with E-state index in [2.05, 4.69) is 0 Å². The Balaban J connectivity index is 2.13. The van der Waals surface area contributed by atoms with E-state index >= 15 is 4.39 Å². The number of nitrogens with two attached hydrogens (primary N) is 1. The predicted molar refractivity (Wildman–Crippen MR) is 73.2 cm³/mol. The summed E-state index contributed by atoms with van der Waals surface area (Å²) in [6.45, 7) is 0. The van der Waals surface area contributed by atoms with E-state index in [1.165, 1.54) is 0 Å². The van der Waals surface area contributed by atoms with Crippen molar-refractivity contribution in [1.29, 1.82) is 0 Å². The van der Waals surface area contributed by atoms with E-state index in [-0.39, 0.29) is 6.04 Å². The van der Waals surface area contributed by atoms with Crippen molar-refractivity contribution in [2.45, 2.75) is 37.4 Å². The molecule has 1 aliphatic rings. The molecule has 2 N–H and O–H groups in total. The Morgan fingerprint density at radius 1 is 1.11 bits per heavy atom. The number of hydrogen-bond donors (Lipinski definition) is 1. The Labute approximate surface area is 107 Å². The third-order valence-electron chi connectivity index (χ3n) is 4.01. The summed E-state index contributed by atoms with van der Waals surface area (Å²) < 4.78 is 15.2. The fraction of sp³-hybridized carbons (Fsp3) is 0.375. The normalized spacial score (nSPS) is 28.4. The van der Waals surface area contributed by atoms with Gasteiger partial charge in [-0.1, -0.05) is 42.5 Å². The SMILES string of the molecule is NC1CCCC(F)(c2cccc3ccccc23)C1. The molecule has 2 aromatic carbocycles. The smallest absolute Gasteiger partial charge is 0.138 e.